The number of piperidine rings is 1. The lowest BCUT2D eigenvalue weighted by atomic mass is 9.59. The van der Waals surface area contributed by atoms with Crippen molar-refractivity contribution >= 4 is 61.2 Å². The number of hydrogen-bond donors (Lipinski definition) is 3. The summed E-state index contributed by atoms with van der Waals surface area (Å²) in [5, 5.41) is 16.3. The molecule has 1 aliphatic carbocycles. The lowest BCUT2D eigenvalue weighted by Gasteiger charge is -2.58. The molecule has 6 aliphatic heterocycles. The quantitative estimate of drug-likeness (QED) is 0.0672. The lowest BCUT2D eigenvalue weighted by Crippen LogP contribution is -2.59. The summed E-state index contributed by atoms with van der Waals surface area (Å²) in [4.78, 5) is 55.8. The van der Waals surface area contributed by atoms with E-state index in [1.165, 1.54) is 23.3 Å². The number of pyridine rings is 3. The number of methoxy groups -OCH3 is 1. The van der Waals surface area contributed by atoms with Gasteiger partial charge in [-0.1, -0.05) is 24.3 Å². The minimum Gasteiger partial charge on any atom is -0.493 e. The van der Waals surface area contributed by atoms with E-state index >= 15 is 0 Å². The van der Waals surface area contributed by atoms with Gasteiger partial charge in [0.1, 0.15) is 23.1 Å². The molecule has 4 aromatic heterocycles. The fraction of sp³-hybridized carbons (Fsp3) is 0.500. The number of nitro groups is 1. The van der Waals surface area contributed by atoms with Gasteiger partial charge in [0, 0.05) is 115 Å². The molecule has 438 valence electrons. The standard InChI is InChI=1S/C60H72N12O10S/c1-39-5-3-4-6-46(39)52-37-67(36-41-27-53(78-2)57(64-34-41)69-20-25-80-26-21-69)18-19-70(52)44-31-60(32-44)13-16-68(17-14-60)43-29-50(71-48-12-24-81-38-54(48)82-59-51(71)28-42-9-15-61-56(42)65-59)55(63-35-43)58(73)66-83(76,77)45-7-8-47(49(30-45)72(74)75)62-33-40-10-22-79-23-11-40/h3-9,15,27-30,34-35,40,44,48,52,54,62H,10-14,16-26,31-33,36-38H2,1-2H3,(H,61,65)(H,66,73)/t48-,52-,54-/m0/s1. The Hall–Kier alpha value is -7.15. The third-order valence-electron chi connectivity index (χ3n) is 18.4. The van der Waals surface area contributed by atoms with Crippen molar-refractivity contribution in [2.45, 2.75) is 87.5 Å². The van der Waals surface area contributed by atoms with Gasteiger partial charge in [0.05, 0.1) is 60.4 Å². The number of aromatic amines is 1. The van der Waals surface area contributed by atoms with E-state index in [-0.39, 0.29) is 41.4 Å². The SMILES string of the molecule is COc1cc(CN2CCN(C3CC4(CCN(c5cnc(C(=O)NS(=O)(=O)c6ccc(NCC7CCOCC7)c([N+](=O)[O-])c6)c(N6c7cc8cc[nH]c8nc7O[C@H]7COCC[C@@H]76)c5)CC4)C3)[C@H](c3ccccc3C)C2)cnc1N1CCOCC1. The Morgan fingerprint density at radius 3 is 2.47 bits per heavy atom. The summed E-state index contributed by atoms with van der Waals surface area (Å²) < 4.78 is 60.1. The van der Waals surface area contributed by atoms with Crippen LogP contribution in [0.4, 0.5) is 34.3 Å². The average molecular weight is 1150 g/mol. The normalized spacial score (nSPS) is 22.6. The monoisotopic (exact) mass is 1150 g/mol. The number of morpholine rings is 1. The summed E-state index contributed by atoms with van der Waals surface area (Å²) in [5.41, 5.74) is 6.06. The van der Waals surface area contributed by atoms with Gasteiger partial charge in [-0.05, 0) is 116 Å². The number of H-pyrrole nitrogens is 1. The van der Waals surface area contributed by atoms with Crippen molar-refractivity contribution in [3.63, 3.8) is 0 Å². The highest BCUT2D eigenvalue weighted by molar-refractivity contribution is 7.90. The number of carbonyl (C=O) groups is 1. The number of benzene rings is 2. The first kappa shape index (κ1) is 55.1. The second-order valence-electron chi connectivity index (χ2n) is 23.4. The van der Waals surface area contributed by atoms with Crippen LogP contribution in [0.1, 0.15) is 78.2 Å². The van der Waals surface area contributed by atoms with Crippen molar-refractivity contribution in [1.82, 2.24) is 34.5 Å². The van der Waals surface area contributed by atoms with Crippen LogP contribution < -0.4 is 34.2 Å². The van der Waals surface area contributed by atoms with E-state index in [4.69, 9.17) is 38.6 Å². The van der Waals surface area contributed by atoms with Crippen LogP contribution in [-0.2, 0) is 30.8 Å². The molecule has 0 unspecified atom stereocenters. The Balaban J connectivity index is 0.740. The highest BCUT2D eigenvalue weighted by Crippen LogP contribution is 2.54. The Morgan fingerprint density at radius 1 is 0.880 bits per heavy atom. The number of piperazine rings is 1. The van der Waals surface area contributed by atoms with Crippen LogP contribution in [0.5, 0.6) is 11.6 Å². The van der Waals surface area contributed by atoms with Gasteiger partial charge in [-0.2, -0.15) is 4.98 Å². The van der Waals surface area contributed by atoms with Gasteiger partial charge in [0.25, 0.3) is 21.6 Å². The number of carbonyl (C=O) groups excluding carboxylic acids is 1. The number of hydrogen-bond acceptors (Lipinski definition) is 19. The largest absolute Gasteiger partial charge is 0.493 e. The maximum absolute atomic E-state index is 14.8. The molecule has 1 amide bonds. The molecule has 6 aromatic rings. The average Bonchev–Trinajstić information content (AvgIpc) is 4.11. The summed E-state index contributed by atoms with van der Waals surface area (Å²) in [5.74, 6) is 1.28. The summed E-state index contributed by atoms with van der Waals surface area (Å²) in [6, 6.07) is 20.8. The van der Waals surface area contributed by atoms with Gasteiger partial charge in [-0.25, -0.2) is 23.1 Å². The van der Waals surface area contributed by atoms with Crippen LogP contribution in [0.3, 0.4) is 0 Å². The first-order chi connectivity index (χ1) is 40.4. The number of aryl methyl sites for hydroxylation is 1. The van der Waals surface area contributed by atoms with Gasteiger partial charge in [0.2, 0.25) is 5.88 Å². The molecule has 23 heteroatoms. The zero-order valence-electron chi connectivity index (χ0n) is 47.0. The van der Waals surface area contributed by atoms with E-state index in [9.17, 15) is 23.3 Å². The Labute approximate surface area is 483 Å². The van der Waals surface area contributed by atoms with Crippen molar-refractivity contribution in [3.05, 3.63) is 118 Å². The topological polar surface area (TPSA) is 235 Å². The van der Waals surface area contributed by atoms with Crippen LogP contribution in [-0.4, -0.2) is 166 Å². The summed E-state index contributed by atoms with van der Waals surface area (Å²) in [7, 11) is -2.94. The van der Waals surface area contributed by atoms with Crippen LogP contribution in [0, 0.1) is 28.4 Å². The number of ether oxygens (including phenoxy) is 5. The van der Waals surface area contributed by atoms with Crippen molar-refractivity contribution in [1.29, 1.82) is 0 Å². The highest BCUT2D eigenvalue weighted by Gasteiger charge is 2.50. The molecule has 6 fully saturated rings. The molecule has 3 N–H and O–H groups in total. The number of nitrogens with zero attached hydrogens (tertiary/aromatic N) is 9. The summed E-state index contributed by atoms with van der Waals surface area (Å²) in [6.07, 6.45) is 11.4. The Morgan fingerprint density at radius 2 is 1.67 bits per heavy atom. The van der Waals surface area contributed by atoms with Crippen molar-refractivity contribution in [3.8, 4) is 11.6 Å². The first-order valence-electron chi connectivity index (χ1n) is 29.2. The molecule has 2 aromatic carbocycles. The number of nitro benzene ring substituents is 1. The van der Waals surface area contributed by atoms with Gasteiger partial charge in [-0.3, -0.25) is 24.7 Å². The van der Waals surface area contributed by atoms with Crippen LogP contribution >= 0.6 is 0 Å². The minimum absolute atomic E-state index is 0.134. The zero-order valence-corrected chi connectivity index (χ0v) is 47.9. The van der Waals surface area contributed by atoms with E-state index in [0.717, 1.165) is 125 Å². The molecule has 1 spiro atoms. The number of nitrogens with one attached hydrogen (secondary N) is 3. The number of fused-ring (bicyclic) bond motifs is 3. The molecule has 7 aliphatic rings. The number of rotatable bonds is 15. The zero-order chi connectivity index (χ0) is 56.8. The molecule has 10 heterocycles. The van der Waals surface area contributed by atoms with Crippen LogP contribution in [0.15, 0.2) is 90.2 Å². The number of anilines is 5. The van der Waals surface area contributed by atoms with Gasteiger partial charge in [-0.15, -0.1) is 0 Å². The predicted molar refractivity (Wildman–Crippen MR) is 313 cm³/mol. The number of amides is 1. The van der Waals surface area contributed by atoms with E-state index in [0.29, 0.717) is 74.9 Å². The molecule has 5 saturated heterocycles. The maximum atomic E-state index is 14.8. The maximum Gasteiger partial charge on any atom is 0.293 e. The molecule has 83 heavy (non-hydrogen) atoms. The first-order valence-corrected chi connectivity index (χ1v) is 30.7. The second kappa shape index (κ2) is 23.1. The van der Waals surface area contributed by atoms with Crippen molar-refractivity contribution in [2.24, 2.45) is 11.3 Å². The second-order valence-corrected chi connectivity index (χ2v) is 25.1. The van der Waals surface area contributed by atoms with E-state index in [2.05, 4.69) is 71.9 Å². The van der Waals surface area contributed by atoms with E-state index in [1.807, 2.05) is 29.3 Å². The van der Waals surface area contributed by atoms with Gasteiger partial charge < -0.3 is 48.7 Å². The third kappa shape index (κ3) is 11.1. The Bertz CT molecular complexity index is 3490. The summed E-state index contributed by atoms with van der Waals surface area (Å²) >= 11 is 0. The minimum atomic E-state index is -4.66. The highest BCUT2D eigenvalue weighted by atomic mass is 32.2. The van der Waals surface area contributed by atoms with Crippen molar-refractivity contribution in [2.75, 3.05) is 119 Å². The molecular weight excluding hydrogens is 1080 g/mol. The van der Waals surface area contributed by atoms with E-state index < -0.39 is 37.5 Å². The Kier molecular flexibility index (Phi) is 15.3. The molecule has 0 radical (unpaired) electrons. The molecular formula is C60H72N12O10S. The van der Waals surface area contributed by atoms with Gasteiger partial charge in [0.15, 0.2) is 17.3 Å². The molecule has 3 atom stereocenters. The lowest BCUT2D eigenvalue weighted by molar-refractivity contribution is -0.384. The van der Waals surface area contributed by atoms with Crippen LogP contribution in [0.25, 0.3) is 11.0 Å². The summed E-state index contributed by atoms with van der Waals surface area (Å²) in [6.45, 7) is 12.7. The molecule has 22 nitrogen and oxygen atoms in total. The number of sulfonamides is 1. The smallest absolute Gasteiger partial charge is 0.293 e. The fourth-order valence-electron chi connectivity index (χ4n) is 13.8. The molecule has 0 bridgehead atoms. The predicted octanol–water partition coefficient (Wildman–Crippen LogP) is 7.37. The van der Waals surface area contributed by atoms with Gasteiger partial charge >= 0.3 is 0 Å². The fourth-order valence-corrected chi connectivity index (χ4v) is 14.8. The number of aromatic nitrogens is 4. The van der Waals surface area contributed by atoms with E-state index in [1.54, 1.807) is 19.5 Å². The molecule has 13 rings (SSSR count). The van der Waals surface area contributed by atoms with Crippen LogP contribution in [0.2, 0.25) is 0 Å². The molecule has 1 saturated carbocycles. The van der Waals surface area contributed by atoms with Crippen molar-refractivity contribution < 1.29 is 41.8 Å². The third-order valence-corrected chi connectivity index (χ3v) is 19.8.